The molecule has 1 heterocycles. The molecule has 2 rings (SSSR count). The highest BCUT2D eigenvalue weighted by atomic mass is 16.6. The number of β-amino-alcohol motifs (C(OH)–C–C–N with tert-alkyl or cyclic N) is 1. The Morgan fingerprint density at radius 1 is 1.30 bits per heavy atom. The lowest BCUT2D eigenvalue weighted by molar-refractivity contribution is -0.0104. The summed E-state index contributed by atoms with van der Waals surface area (Å²) in [6.07, 6.45) is -0.522. The van der Waals surface area contributed by atoms with E-state index in [-0.39, 0.29) is 25.6 Å². The summed E-state index contributed by atoms with van der Waals surface area (Å²) in [5.41, 5.74) is -0.736. The topological polar surface area (TPSA) is 88.1 Å². The van der Waals surface area contributed by atoms with E-state index in [0.29, 0.717) is 13.0 Å². The first kappa shape index (κ1) is 21.0. The molecule has 0 saturated carbocycles. The lowest BCUT2D eigenvalue weighted by atomic mass is 9.88. The van der Waals surface area contributed by atoms with Crippen LogP contribution in [-0.4, -0.2) is 53.0 Å². The first-order chi connectivity index (χ1) is 12.6. The van der Waals surface area contributed by atoms with Crippen molar-refractivity contribution >= 4 is 12.2 Å². The van der Waals surface area contributed by atoms with Gasteiger partial charge in [-0.05, 0) is 32.8 Å². The Labute approximate surface area is 160 Å². The largest absolute Gasteiger partial charge is 0.445 e. The lowest BCUT2D eigenvalue weighted by Crippen LogP contribution is -2.46. The van der Waals surface area contributed by atoms with E-state index in [4.69, 9.17) is 9.47 Å². The van der Waals surface area contributed by atoms with Crippen LogP contribution in [0.25, 0.3) is 0 Å². The van der Waals surface area contributed by atoms with Crippen LogP contribution in [0.3, 0.4) is 0 Å². The Bertz CT molecular complexity index is 644. The molecule has 0 radical (unpaired) electrons. The van der Waals surface area contributed by atoms with Crippen molar-refractivity contribution in [3.8, 4) is 0 Å². The number of alkyl carbamates (subject to hydrolysis) is 1. The number of hydrogen-bond acceptors (Lipinski definition) is 5. The number of amides is 2. The maximum absolute atomic E-state index is 12.2. The quantitative estimate of drug-likeness (QED) is 0.822. The Kier molecular flexibility index (Phi) is 6.70. The fourth-order valence-electron chi connectivity index (χ4n) is 2.90. The fourth-order valence-corrected chi connectivity index (χ4v) is 2.90. The molecule has 0 bridgehead atoms. The van der Waals surface area contributed by atoms with Crippen LogP contribution in [0.5, 0.6) is 0 Å². The van der Waals surface area contributed by atoms with Crippen molar-refractivity contribution in [1.82, 2.24) is 10.2 Å². The van der Waals surface area contributed by atoms with Crippen LogP contribution in [0.2, 0.25) is 0 Å². The summed E-state index contributed by atoms with van der Waals surface area (Å²) < 4.78 is 10.5. The molecule has 0 aliphatic carbocycles. The second kappa shape index (κ2) is 8.61. The molecule has 150 valence electrons. The zero-order chi connectivity index (χ0) is 20.1. The third kappa shape index (κ3) is 6.43. The molecular formula is C20H30N2O5. The standard InChI is InChI=1S/C20H30N2O5/c1-15(12-21-17(23)26-13-16-8-6-5-7-9-16)20(25)10-11-22(14-20)18(24)27-19(2,3)4/h5-9,15,25H,10-14H2,1-4H3,(H,21,23). The van der Waals surface area contributed by atoms with Gasteiger partial charge < -0.3 is 24.8 Å². The Hall–Kier alpha value is -2.28. The average Bonchev–Trinajstić information content (AvgIpc) is 3.01. The number of hydrogen-bond donors (Lipinski definition) is 2. The van der Waals surface area contributed by atoms with E-state index in [1.54, 1.807) is 20.8 Å². The van der Waals surface area contributed by atoms with E-state index in [9.17, 15) is 14.7 Å². The van der Waals surface area contributed by atoms with E-state index >= 15 is 0 Å². The number of aliphatic hydroxyl groups is 1. The van der Waals surface area contributed by atoms with Crippen LogP contribution >= 0.6 is 0 Å². The first-order valence-corrected chi connectivity index (χ1v) is 9.24. The van der Waals surface area contributed by atoms with Gasteiger partial charge in [0.15, 0.2) is 0 Å². The molecule has 2 amide bonds. The lowest BCUT2D eigenvalue weighted by Gasteiger charge is -2.30. The molecule has 27 heavy (non-hydrogen) atoms. The first-order valence-electron chi connectivity index (χ1n) is 9.24. The minimum atomic E-state index is -1.07. The van der Waals surface area contributed by atoms with E-state index in [1.165, 1.54) is 4.90 Å². The van der Waals surface area contributed by atoms with E-state index < -0.39 is 23.4 Å². The monoisotopic (exact) mass is 378 g/mol. The molecule has 2 unspecified atom stereocenters. The van der Waals surface area contributed by atoms with Gasteiger partial charge in [-0.25, -0.2) is 9.59 Å². The normalized spacial score (nSPS) is 20.9. The minimum absolute atomic E-state index is 0.184. The maximum Gasteiger partial charge on any atom is 0.410 e. The molecule has 1 aliphatic rings. The second-order valence-electron chi connectivity index (χ2n) is 8.10. The summed E-state index contributed by atoms with van der Waals surface area (Å²) in [5, 5.41) is 13.5. The number of carbonyl (C=O) groups excluding carboxylic acids is 2. The molecule has 2 N–H and O–H groups in total. The molecule has 2 atom stereocenters. The molecule has 1 aliphatic heterocycles. The highest BCUT2D eigenvalue weighted by molar-refractivity contribution is 5.69. The van der Waals surface area contributed by atoms with Crippen molar-refractivity contribution < 1.29 is 24.2 Å². The fraction of sp³-hybridized carbons (Fsp3) is 0.600. The van der Waals surface area contributed by atoms with E-state index in [2.05, 4.69) is 5.32 Å². The molecule has 1 saturated heterocycles. The zero-order valence-electron chi connectivity index (χ0n) is 16.5. The van der Waals surface area contributed by atoms with Crippen molar-refractivity contribution in [2.75, 3.05) is 19.6 Å². The van der Waals surface area contributed by atoms with Gasteiger partial charge in [-0.1, -0.05) is 37.3 Å². The smallest absolute Gasteiger partial charge is 0.410 e. The van der Waals surface area contributed by atoms with Crippen molar-refractivity contribution in [2.45, 2.75) is 51.9 Å². The van der Waals surface area contributed by atoms with E-state index in [0.717, 1.165) is 5.56 Å². The van der Waals surface area contributed by atoms with Crippen LogP contribution in [0.1, 0.15) is 39.7 Å². The van der Waals surface area contributed by atoms with Gasteiger partial charge in [-0.3, -0.25) is 0 Å². The molecule has 1 aromatic rings. The molecule has 1 aromatic carbocycles. The molecule has 7 nitrogen and oxygen atoms in total. The van der Waals surface area contributed by atoms with Crippen LogP contribution in [0.4, 0.5) is 9.59 Å². The number of ether oxygens (including phenoxy) is 2. The maximum atomic E-state index is 12.2. The van der Waals surface area contributed by atoms with Gasteiger partial charge in [0.2, 0.25) is 0 Å². The van der Waals surface area contributed by atoms with E-state index in [1.807, 2.05) is 37.3 Å². The average molecular weight is 378 g/mol. The van der Waals surface area contributed by atoms with Crippen LogP contribution in [0.15, 0.2) is 30.3 Å². The molecule has 7 heteroatoms. The van der Waals surface area contributed by atoms with Gasteiger partial charge in [-0.15, -0.1) is 0 Å². The van der Waals surface area contributed by atoms with Gasteiger partial charge in [0.1, 0.15) is 12.2 Å². The number of rotatable bonds is 5. The SMILES string of the molecule is CC(CNC(=O)OCc1ccccc1)C1(O)CCN(C(=O)OC(C)(C)C)C1. The number of likely N-dealkylation sites (tertiary alicyclic amines) is 1. The van der Waals surface area contributed by atoms with Crippen LogP contribution in [-0.2, 0) is 16.1 Å². The highest BCUT2D eigenvalue weighted by Gasteiger charge is 2.43. The molecular weight excluding hydrogens is 348 g/mol. The van der Waals surface area contributed by atoms with Crippen molar-refractivity contribution in [3.05, 3.63) is 35.9 Å². The summed E-state index contributed by atoms with van der Waals surface area (Å²) in [7, 11) is 0. The van der Waals surface area contributed by atoms with Gasteiger partial charge >= 0.3 is 12.2 Å². The third-order valence-electron chi connectivity index (χ3n) is 4.61. The second-order valence-corrected chi connectivity index (χ2v) is 8.10. The van der Waals surface area contributed by atoms with Crippen LogP contribution < -0.4 is 5.32 Å². The number of nitrogens with zero attached hydrogens (tertiary/aromatic N) is 1. The number of benzene rings is 1. The van der Waals surface area contributed by atoms with Gasteiger partial charge in [0.25, 0.3) is 0 Å². The van der Waals surface area contributed by atoms with Gasteiger partial charge in [0.05, 0.1) is 12.1 Å². The number of nitrogens with one attached hydrogen (secondary N) is 1. The predicted molar refractivity (Wildman–Crippen MR) is 101 cm³/mol. The highest BCUT2D eigenvalue weighted by Crippen LogP contribution is 2.29. The Balaban J connectivity index is 1.77. The predicted octanol–water partition coefficient (Wildman–Crippen LogP) is 2.92. The molecule has 0 spiro atoms. The van der Waals surface area contributed by atoms with Crippen molar-refractivity contribution in [2.24, 2.45) is 5.92 Å². The Morgan fingerprint density at radius 2 is 1.96 bits per heavy atom. The summed E-state index contributed by atoms with van der Waals surface area (Å²) in [4.78, 5) is 25.5. The summed E-state index contributed by atoms with van der Waals surface area (Å²) in [6, 6.07) is 9.41. The molecule has 1 fully saturated rings. The van der Waals surface area contributed by atoms with Gasteiger partial charge in [-0.2, -0.15) is 0 Å². The minimum Gasteiger partial charge on any atom is -0.445 e. The summed E-state index contributed by atoms with van der Waals surface area (Å²) in [5.74, 6) is -0.241. The third-order valence-corrected chi connectivity index (χ3v) is 4.61. The zero-order valence-corrected chi connectivity index (χ0v) is 16.5. The van der Waals surface area contributed by atoms with Crippen molar-refractivity contribution in [1.29, 1.82) is 0 Å². The summed E-state index contributed by atoms with van der Waals surface area (Å²) in [6.45, 7) is 8.32. The number of carbonyl (C=O) groups is 2. The van der Waals surface area contributed by atoms with Gasteiger partial charge in [0, 0.05) is 19.0 Å². The summed E-state index contributed by atoms with van der Waals surface area (Å²) >= 11 is 0. The van der Waals surface area contributed by atoms with Crippen LogP contribution in [0, 0.1) is 5.92 Å². The van der Waals surface area contributed by atoms with Crippen molar-refractivity contribution in [3.63, 3.8) is 0 Å². The Morgan fingerprint density at radius 3 is 2.59 bits per heavy atom. The molecule has 0 aromatic heterocycles.